The average Bonchev–Trinajstić information content (AvgIpc) is 2.69. The van der Waals surface area contributed by atoms with E-state index in [1.54, 1.807) is 23.5 Å². The summed E-state index contributed by atoms with van der Waals surface area (Å²) < 4.78 is 32.0. The van der Waals surface area contributed by atoms with Gasteiger partial charge in [0.15, 0.2) is 0 Å². The van der Waals surface area contributed by atoms with Crippen molar-refractivity contribution in [3.05, 3.63) is 41.8 Å². The van der Waals surface area contributed by atoms with Crippen LogP contribution >= 0.6 is 11.3 Å². The van der Waals surface area contributed by atoms with Gasteiger partial charge in [-0.2, -0.15) is 0 Å². The summed E-state index contributed by atoms with van der Waals surface area (Å²) in [7, 11) is -4.33. The van der Waals surface area contributed by atoms with E-state index in [0.717, 1.165) is 10.4 Å². The summed E-state index contributed by atoms with van der Waals surface area (Å²) in [6.07, 6.45) is 0. The molecule has 0 aliphatic carbocycles. The van der Waals surface area contributed by atoms with Crippen molar-refractivity contribution in [2.45, 2.75) is 4.90 Å². The van der Waals surface area contributed by atoms with Crippen LogP contribution in [-0.2, 0) is 10.1 Å². The van der Waals surface area contributed by atoms with Crippen molar-refractivity contribution < 1.29 is 42.5 Å². The molecule has 16 heavy (non-hydrogen) atoms. The summed E-state index contributed by atoms with van der Waals surface area (Å²) in [6.45, 7) is 0. The van der Waals surface area contributed by atoms with E-state index in [-0.39, 0.29) is 34.5 Å². The molecular formula is C10H7NaO3S2. The van der Waals surface area contributed by atoms with Gasteiger partial charge in [0.25, 0.3) is 0 Å². The molecule has 3 nitrogen and oxygen atoms in total. The zero-order chi connectivity index (χ0) is 10.9. The maximum Gasteiger partial charge on any atom is 1.00 e. The summed E-state index contributed by atoms with van der Waals surface area (Å²) in [4.78, 5) is 0.854. The SMILES string of the molecule is O=S(=O)([O-])c1ccc(-c2cccs2)cc1.[Na+]. The van der Waals surface area contributed by atoms with Crippen molar-refractivity contribution in [3.63, 3.8) is 0 Å². The molecule has 0 fully saturated rings. The first kappa shape index (κ1) is 13.9. The molecule has 0 bridgehead atoms. The maximum absolute atomic E-state index is 10.7. The van der Waals surface area contributed by atoms with Gasteiger partial charge in [-0.1, -0.05) is 18.2 Å². The van der Waals surface area contributed by atoms with Crippen molar-refractivity contribution in [1.82, 2.24) is 0 Å². The molecule has 78 valence electrons. The fraction of sp³-hybridized carbons (Fsp3) is 0. The van der Waals surface area contributed by atoms with Gasteiger partial charge in [0.1, 0.15) is 10.1 Å². The quantitative estimate of drug-likeness (QED) is 0.532. The molecule has 0 radical (unpaired) electrons. The molecule has 0 spiro atoms. The normalized spacial score (nSPS) is 10.8. The van der Waals surface area contributed by atoms with Crippen molar-refractivity contribution in [2.24, 2.45) is 0 Å². The van der Waals surface area contributed by atoms with Gasteiger partial charge in [0.05, 0.1) is 4.90 Å². The van der Waals surface area contributed by atoms with Crippen LogP contribution in [0.5, 0.6) is 0 Å². The molecular weight excluding hydrogens is 255 g/mol. The molecule has 0 N–H and O–H groups in total. The van der Waals surface area contributed by atoms with Gasteiger partial charge in [-0.15, -0.1) is 11.3 Å². The van der Waals surface area contributed by atoms with E-state index in [1.807, 2.05) is 17.5 Å². The standard InChI is InChI=1S/C10H8O3S2.Na/c11-15(12,13)9-5-3-8(4-6-9)10-2-1-7-14-10;/h1-7H,(H,11,12,13);/q;+1/p-1. The summed E-state index contributed by atoms with van der Waals surface area (Å²) in [5.41, 5.74) is 0.914. The molecule has 0 atom stereocenters. The Hall–Kier alpha value is -0.170. The molecule has 1 aromatic carbocycles. The Labute approximate surface area is 120 Å². The van der Waals surface area contributed by atoms with E-state index in [2.05, 4.69) is 0 Å². The molecule has 0 saturated carbocycles. The Balaban J connectivity index is 0.00000128. The van der Waals surface area contributed by atoms with Gasteiger partial charge in [-0.3, -0.25) is 0 Å². The van der Waals surface area contributed by atoms with Crippen LogP contribution in [0.15, 0.2) is 46.7 Å². The van der Waals surface area contributed by atoms with Crippen LogP contribution in [-0.4, -0.2) is 13.0 Å². The van der Waals surface area contributed by atoms with Gasteiger partial charge in [0.2, 0.25) is 0 Å². The van der Waals surface area contributed by atoms with Crippen LogP contribution in [0.2, 0.25) is 0 Å². The van der Waals surface area contributed by atoms with Gasteiger partial charge >= 0.3 is 29.6 Å². The predicted molar refractivity (Wildman–Crippen MR) is 57.7 cm³/mol. The second kappa shape index (κ2) is 5.44. The minimum absolute atomic E-state index is 0. The molecule has 6 heteroatoms. The molecule has 1 heterocycles. The van der Waals surface area contributed by atoms with Crippen molar-refractivity contribution in [3.8, 4) is 10.4 Å². The van der Waals surface area contributed by atoms with Crippen LogP contribution in [0.25, 0.3) is 10.4 Å². The topological polar surface area (TPSA) is 57.2 Å². The maximum atomic E-state index is 10.7. The summed E-state index contributed by atoms with van der Waals surface area (Å²) in [6, 6.07) is 9.78. The van der Waals surface area contributed by atoms with Crippen LogP contribution in [0.1, 0.15) is 0 Å². The van der Waals surface area contributed by atoms with Crippen LogP contribution in [0.3, 0.4) is 0 Å². The molecule has 2 aromatic rings. The molecule has 2 rings (SSSR count). The molecule has 0 saturated heterocycles. The van der Waals surface area contributed by atoms with Crippen molar-refractivity contribution >= 4 is 21.5 Å². The third-order valence-electron chi connectivity index (χ3n) is 1.95. The second-order valence-electron chi connectivity index (χ2n) is 2.96. The largest absolute Gasteiger partial charge is 1.00 e. The van der Waals surface area contributed by atoms with E-state index < -0.39 is 10.1 Å². The van der Waals surface area contributed by atoms with Crippen LogP contribution in [0.4, 0.5) is 0 Å². The summed E-state index contributed by atoms with van der Waals surface area (Å²) >= 11 is 1.56. The Morgan fingerprint density at radius 2 is 1.69 bits per heavy atom. The fourth-order valence-corrected chi connectivity index (χ4v) is 2.43. The molecule has 0 unspecified atom stereocenters. The monoisotopic (exact) mass is 262 g/mol. The summed E-state index contributed by atoms with van der Waals surface area (Å²) in [5, 5.41) is 1.94. The average molecular weight is 262 g/mol. The zero-order valence-corrected chi connectivity index (χ0v) is 12.2. The van der Waals surface area contributed by atoms with E-state index in [0.29, 0.717) is 0 Å². The van der Waals surface area contributed by atoms with Crippen LogP contribution < -0.4 is 29.6 Å². The Kier molecular flexibility index (Phi) is 4.73. The first-order valence-corrected chi connectivity index (χ1v) is 6.46. The first-order chi connectivity index (χ1) is 7.07. The third kappa shape index (κ3) is 3.16. The Bertz CT molecular complexity index is 544. The zero-order valence-electron chi connectivity index (χ0n) is 8.58. The van der Waals surface area contributed by atoms with E-state index in [9.17, 15) is 13.0 Å². The van der Waals surface area contributed by atoms with E-state index in [4.69, 9.17) is 0 Å². The van der Waals surface area contributed by atoms with Crippen LogP contribution in [0, 0.1) is 0 Å². The molecule has 0 aliphatic heterocycles. The third-order valence-corrected chi connectivity index (χ3v) is 3.72. The molecule has 0 amide bonds. The number of hydrogen-bond donors (Lipinski definition) is 0. The smallest absolute Gasteiger partial charge is 0.744 e. The van der Waals surface area contributed by atoms with Gasteiger partial charge in [-0.25, -0.2) is 8.42 Å². The Morgan fingerprint density at radius 1 is 1.06 bits per heavy atom. The molecule has 1 aromatic heterocycles. The molecule has 0 aliphatic rings. The fourth-order valence-electron chi connectivity index (χ4n) is 1.23. The van der Waals surface area contributed by atoms with E-state index in [1.165, 1.54) is 12.1 Å². The summed E-state index contributed by atoms with van der Waals surface area (Å²) in [5.74, 6) is 0. The second-order valence-corrected chi connectivity index (χ2v) is 5.28. The van der Waals surface area contributed by atoms with E-state index >= 15 is 0 Å². The minimum atomic E-state index is -4.33. The Morgan fingerprint density at radius 3 is 2.12 bits per heavy atom. The predicted octanol–water partition coefficient (Wildman–Crippen LogP) is -0.677. The van der Waals surface area contributed by atoms with Gasteiger partial charge in [-0.05, 0) is 29.1 Å². The van der Waals surface area contributed by atoms with Gasteiger partial charge < -0.3 is 4.55 Å². The van der Waals surface area contributed by atoms with Crippen molar-refractivity contribution in [2.75, 3.05) is 0 Å². The van der Waals surface area contributed by atoms with Gasteiger partial charge in [0, 0.05) is 4.88 Å². The van der Waals surface area contributed by atoms with Crippen molar-refractivity contribution in [1.29, 1.82) is 0 Å². The number of benzene rings is 1. The number of hydrogen-bond acceptors (Lipinski definition) is 4. The first-order valence-electron chi connectivity index (χ1n) is 4.17. The minimum Gasteiger partial charge on any atom is -0.744 e. The number of rotatable bonds is 2. The number of thiophene rings is 1.